The molecule has 2 heterocycles. The highest BCUT2D eigenvalue weighted by molar-refractivity contribution is 5.66. The molecule has 0 amide bonds. The summed E-state index contributed by atoms with van der Waals surface area (Å²) < 4.78 is 22.0. The molecule has 1 aromatic carbocycles. The summed E-state index contributed by atoms with van der Waals surface area (Å²) in [7, 11) is 0. The van der Waals surface area contributed by atoms with Crippen molar-refractivity contribution in [2.75, 3.05) is 6.61 Å². The van der Waals surface area contributed by atoms with Gasteiger partial charge in [0.1, 0.15) is 6.10 Å². The fraction of sp³-hybridized carbons (Fsp3) is 0.278. The normalized spacial score (nSPS) is 24.7. The maximum Gasteiger partial charge on any atom is 0.303 e. The van der Waals surface area contributed by atoms with E-state index in [1.165, 1.54) is 6.92 Å². The Hall–Kier alpha value is -2.37. The molecule has 1 saturated heterocycles. The Morgan fingerprint density at radius 3 is 2.78 bits per heavy atom. The summed E-state index contributed by atoms with van der Waals surface area (Å²) in [4.78, 5) is 11.3. The molecule has 0 spiro atoms. The molecule has 5 heteroatoms. The van der Waals surface area contributed by atoms with E-state index in [1.807, 2.05) is 48.6 Å². The van der Waals surface area contributed by atoms with E-state index < -0.39 is 18.5 Å². The van der Waals surface area contributed by atoms with Crippen LogP contribution in [-0.4, -0.2) is 24.8 Å². The number of carbonyl (C=O) groups excluding carboxylic acids is 1. The summed E-state index contributed by atoms with van der Waals surface area (Å²) in [5, 5.41) is 0. The molecule has 0 aliphatic carbocycles. The van der Waals surface area contributed by atoms with Crippen molar-refractivity contribution in [1.29, 1.82) is 0 Å². The number of rotatable bonds is 4. The van der Waals surface area contributed by atoms with E-state index in [-0.39, 0.29) is 12.6 Å². The first kappa shape index (κ1) is 15.5. The van der Waals surface area contributed by atoms with E-state index in [1.54, 1.807) is 12.5 Å². The second-order valence-corrected chi connectivity index (χ2v) is 5.24. The maximum absolute atomic E-state index is 11.3. The van der Waals surface area contributed by atoms with E-state index in [4.69, 9.17) is 18.6 Å². The molecular weight excluding hydrogens is 296 g/mol. The smallest absolute Gasteiger partial charge is 0.303 e. The molecule has 1 aliphatic heterocycles. The lowest BCUT2D eigenvalue weighted by Gasteiger charge is -2.34. The lowest BCUT2D eigenvalue weighted by atomic mass is 10.1. The first-order valence-electron chi connectivity index (χ1n) is 7.42. The van der Waals surface area contributed by atoms with Crippen LogP contribution in [0.4, 0.5) is 0 Å². The van der Waals surface area contributed by atoms with Crippen LogP contribution in [0.2, 0.25) is 0 Å². The van der Waals surface area contributed by atoms with E-state index >= 15 is 0 Å². The molecule has 120 valence electrons. The number of hydrogen-bond donors (Lipinski definition) is 0. The van der Waals surface area contributed by atoms with Gasteiger partial charge in [0.25, 0.3) is 0 Å². The van der Waals surface area contributed by atoms with Crippen molar-refractivity contribution < 1.29 is 23.4 Å². The van der Waals surface area contributed by atoms with Gasteiger partial charge in [-0.3, -0.25) is 4.79 Å². The van der Waals surface area contributed by atoms with Gasteiger partial charge in [-0.15, -0.1) is 0 Å². The molecule has 23 heavy (non-hydrogen) atoms. The second-order valence-electron chi connectivity index (χ2n) is 5.24. The highest BCUT2D eigenvalue weighted by Crippen LogP contribution is 2.28. The molecule has 2 aromatic rings. The predicted octanol–water partition coefficient (Wildman–Crippen LogP) is 3.34. The van der Waals surface area contributed by atoms with Crippen molar-refractivity contribution in [2.45, 2.75) is 25.4 Å². The number of benzene rings is 1. The molecule has 0 N–H and O–H groups in total. The summed E-state index contributed by atoms with van der Waals surface area (Å²) in [5.74, 6) is -0.359. The minimum Gasteiger partial charge on any atom is -0.472 e. The number of ether oxygens (including phenoxy) is 3. The zero-order valence-electron chi connectivity index (χ0n) is 12.8. The van der Waals surface area contributed by atoms with Crippen LogP contribution in [0.15, 0.2) is 59.4 Å². The molecule has 1 fully saturated rings. The van der Waals surface area contributed by atoms with Crippen molar-refractivity contribution in [3.63, 3.8) is 0 Å². The van der Waals surface area contributed by atoms with Gasteiger partial charge >= 0.3 is 5.97 Å². The monoisotopic (exact) mass is 314 g/mol. The molecular formula is C18H18O5. The summed E-state index contributed by atoms with van der Waals surface area (Å²) >= 11 is 0. The van der Waals surface area contributed by atoms with Gasteiger partial charge in [-0.2, -0.15) is 0 Å². The number of carbonyl (C=O) groups is 1. The molecule has 3 rings (SSSR count). The molecule has 1 aliphatic rings. The van der Waals surface area contributed by atoms with E-state index in [9.17, 15) is 4.79 Å². The van der Waals surface area contributed by atoms with Crippen LogP contribution in [0.1, 0.15) is 24.3 Å². The fourth-order valence-electron chi connectivity index (χ4n) is 2.39. The number of esters is 1. The highest BCUT2D eigenvalue weighted by atomic mass is 16.7. The average molecular weight is 314 g/mol. The molecule has 3 atom stereocenters. The SMILES string of the molecule is CC(=O)O[C@@H]1CO[C@@H](c2ccccc2)O[C@H]1/C=C/c1ccoc1. The standard InChI is InChI=1S/C18H18O5/c1-13(19)22-17-12-21-18(15-5-3-2-4-6-15)23-16(17)8-7-14-9-10-20-11-14/h2-11,16-18H,12H2,1H3/b8-7+/t16-,17+,18+/m0/s1. The minimum absolute atomic E-state index is 0.277. The first-order valence-corrected chi connectivity index (χ1v) is 7.42. The zero-order chi connectivity index (χ0) is 16.1. The Labute approximate surface area is 134 Å². The van der Waals surface area contributed by atoms with Crippen molar-refractivity contribution in [3.05, 3.63) is 66.1 Å². The third-order valence-electron chi connectivity index (χ3n) is 3.47. The minimum atomic E-state index is -0.484. The Kier molecular flexibility index (Phi) is 4.90. The summed E-state index contributed by atoms with van der Waals surface area (Å²) in [6.07, 6.45) is 5.60. The number of furan rings is 1. The third-order valence-corrected chi connectivity index (χ3v) is 3.47. The van der Waals surface area contributed by atoms with Gasteiger partial charge in [0.05, 0.1) is 19.1 Å². The van der Waals surface area contributed by atoms with Crippen molar-refractivity contribution in [2.24, 2.45) is 0 Å². The molecule has 1 aromatic heterocycles. The van der Waals surface area contributed by atoms with Gasteiger partial charge in [0, 0.05) is 18.1 Å². The molecule has 0 unspecified atom stereocenters. The van der Waals surface area contributed by atoms with Crippen LogP contribution < -0.4 is 0 Å². The average Bonchev–Trinajstić information content (AvgIpc) is 3.08. The van der Waals surface area contributed by atoms with Crippen LogP contribution >= 0.6 is 0 Å². The van der Waals surface area contributed by atoms with Gasteiger partial charge in [-0.25, -0.2) is 0 Å². The Bertz CT molecular complexity index is 647. The predicted molar refractivity (Wildman–Crippen MR) is 83.3 cm³/mol. The van der Waals surface area contributed by atoms with Crippen molar-refractivity contribution in [3.8, 4) is 0 Å². The first-order chi connectivity index (χ1) is 11.2. The van der Waals surface area contributed by atoms with Gasteiger partial charge < -0.3 is 18.6 Å². The lowest BCUT2D eigenvalue weighted by Crippen LogP contribution is -2.41. The Morgan fingerprint density at radius 2 is 2.09 bits per heavy atom. The highest BCUT2D eigenvalue weighted by Gasteiger charge is 2.33. The van der Waals surface area contributed by atoms with Gasteiger partial charge in [0.15, 0.2) is 12.4 Å². The third kappa shape index (κ3) is 4.09. The molecule has 0 bridgehead atoms. The van der Waals surface area contributed by atoms with Crippen LogP contribution in [0.25, 0.3) is 6.08 Å². The summed E-state index contributed by atoms with van der Waals surface area (Å²) in [6, 6.07) is 11.5. The van der Waals surface area contributed by atoms with Crippen molar-refractivity contribution in [1.82, 2.24) is 0 Å². The van der Waals surface area contributed by atoms with Gasteiger partial charge in [0.2, 0.25) is 0 Å². The maximum atomic E-state index is 11.3. The topological polar surface area (TPSA) is 57.9 Å². The number of hydrogen-bond acceptors (Lipinski definition) is 5. The summed E-state index contributed by atoms with van der Waals surface area (Å²) in [5.41, 5.74) is 1.84. The van der Waals surface area contributed by atoms with Gasteiger partial charge in [-0.1, -0.05) is 42.5 Å². The molecule has 0 radical (unpaired) electrons. The lowest BCUT2D eigenvalue weighted by molar-refractivity contribution is -0.249. The van der Waals surface area contributed by atoms with Crippen LogP contribution in [0.5, 0.6) is 0 Å². The fourth-order valence-corrected chi connectivity index (χ4v) is 2.39. The van der Waals surface area contributed by atoms with Crippen LogP contribution in [-0.2, 0) is 19.0 Å². The van der Waals surface area contributed by atoms with E-state index in [0.29, 0.717) is 0 Å². The quantitative estimate of drug-likeness (QED) is 0.810. The Morgan fingerprint density at radius 1 is 1.26 bits per heavy atom. The Balaban J connectivity index is 1.75. The molecule has 5 nitrogen and oxygen atoms in total. The van der Waals surface area contributed by atoms with Gasteiger partial charge in [-0.05, 0) is 6.07 Å². The van der Waals surface area contributed by atoms with E-state index in [2.05, 4.69) is 0 Å². The summed E-state index contributed by atoms with van der Waals surface area (Å²) in [6.45, 7) is 1.65. The molecule has 0 saturated carbocycles. The largest absolute Gasteiger partial charge is 0.472 e. The van der Waals surface area contributed by atoms with E-state index in [0.717, 1.165) is 11.1 Å². The zero-order valence-corrected chi connectivity index (χ0v) is 12.8. The van der Waals surface area contributed by atoms with Crippen LogP contribution in [0, 0.1) is 0 Å². The van der Waals surface area contributed by atoms with Crippen molar-refractivity contribution >= 4 is 12.0 Å². The second kappa shape index (κ2) is 7.26. The van der Waals surface area contributed by atoms with Crippen LogP contribution in [0.3, 0.4) is 0 Å².